The number of allylic oxidation sites excluding steroid dienone is 1. The van der Waals surface area contributed by atoms with Crippen molar-refractivity contribution in [2.24, 2.45) is 5.92 Å². The molecule has 0 amide bonds. The van der Waals surface area contributed by atoms with Gasteiger partial charge in [0.15, 0.2) is 5.78 Å². The van der Waals surface area contributed by atoms with Crippen molar-refractivity contribution in [3.8, 4) is 0 Å². The molecule has 0 atom stereocenters. The molecule has 0 aromatic rings. The topological polar surface area (TPSA) is 63.6 Å². The Balaban J connectivity index is 2.41. The number of carbonyl (C=O) groups is 2. The molecule has 0 aromatic carbocycles. The van der Waals surface area contributed by atoms with Gasteiger partial charge < -0.3 is 9.84 Å². The van der Waals surface area contributed by atoms with E-state index in [0.29, 0.717) is 26.1 Å². The third-order valence-electron chi connectivity index (χ3n) is 2.01. The number of carbonyl (C=O) groups excluding carboxylic acids is 1. The maximum Gasteiger partial charge on any atom is 0.328 e. The molecule has 0 aliphatic carbocycles. The van der Waals surface area contributed by atoms with E-state index in [1.807, 2.05) is 0 Å². The fourth-order valence-electron chi connectivity index (χ4n) is 1.27. The predicted molar refractivity (Wildman–Crippen MR) is 45.3 cm³/mol. The van der Waals surface area contributed by atoms with Gasteiger partial charge in [-0.3, -0.25) is 4.79 Å². The fraction of sp³-hybridized carbons (Fsp3) is 0.556. The van der Waals surface area contributed by atoms with E-state index < -0.39 is 5.97 Å². The Kier molecular flexibility index (Phi) is 3.64. The Hall–Kier alpha value is -1.16. The average Bonchev–Trinajstić information content (AvgIpc) is 2.15. The second kappa shape index (κ2) is 4.77. The molecular formula is C9H12O4. The molecule has 72 valence electrons. The predicted octanol–water partition coefficient (Wildman–Crippen LogP) is 0.623. The van der Waals surface area contributed by atoms with Crippen molar-refractivity contribution in [3.05, 3.63) is 12.2 Å². The van der Waals surface area contributed by atoms with Crippen LogP contribution >= 0.6 is 0 Å². The first-order valence-corrected chi connectivity index (χ1v) is 4.23. The van der Waals surface area contributed by atoms with Gasteiger partial charge >= 0.3 is 5.97 Å². The smallest absolute Gasteiger partial charge is 0.328 e. The van der Waals surface area contributed by atoms with Gasteiger partial charge in [0.25, 0.3) is 0 Å². The van der Waals surface area contributed by atoms with Crippen LogP contribution in [0, 0.1) is 5.92 Å². The maximum atomic E-state index is 11.3. The van der Waals surface area contributed by atoms with Gasteiger partial charge in [0.1, 0.15) is 0 Å². The average molecular weight is 184 g/mol. The molecule has 1 saturated heterocycles. The van der Waals surface area contributed by atoms with Gasteiger partial charge in [-0.25, -0.2) is 4.79 Å². The van der Waals surface area contributed by atoms with Crippen LogP contribution in [-0.2, 0) is 14.3 Å². The standard InChI is InChI=1S/C9H12O4/c10-8(1-2-9(11)12)7-3-5-13-6-4-7/h1-2,7H,3-6H2,(H,11,12)/b2-1+. The minimum atomic E-state index is -1.08. The summed E-state index contributed by atoms with van der Waals surface area (Å²) in [6.45, 7) is 1.19. The lowest BCUT2D eigenvalue weighted by Gasteiger charge is -2.19. The van der Waals surface area contributed by atoms with E-state index in [2.05, 4.69) is 0 Å². The van der Waals surface area contributed by atoms with Crippen LogP contribution in [-0.4, -0.2) is 30.1 Å². The van der Waals surface area contributed by atoms with Crippen molar-refractivity contribution in [3.63, 3.8) is 0 Å². The summed E-state index contributed by atoms with van der Waals surface area (Å²) >= 11 is 0. The summed E-state index contributed by atoms with van der Waals surface area (Å²) in [5, 5.41) is 8.30. The molecular weight excluding hydrogens is 172 g/mol. The lowest BCUT2D eigenvalue weighted by molar-refractivity contribution is -0.131. The third-order valence-corrected chi connectivity index (χ3v) is 2.01. The maximum absolute atomic E-state index is 11.3. The molecule has 0 bridgehead atoms. The largest absolute Gasteiger partial charge is 0.478 e. The van der Waals surface area contributed by atoms with Crippen LogP contribution in [0.25, 0.3) is 0 Å². The Morgan fingerprint density at radius 1 is 1.23 bits per heavy atom. The number of ketones is 1. The van der Waals surface area contributed by atoms with Crippen molar-refractivity contribution in [2.75, 3.05) is 13.2 Å². The Bertz CT molecular complexity index is 226. The van der Waals surface area contributed by atoms with Crippen molar-refractivity contribution >= 4 is 11.8 Å². The molecule has 4 nitrogen and oxygen atoms in total. The van der Waals surface area contributed by atoms with Gasteiger partial charge in [-0.05, 0) is 18.9 Å². The zero-order valence-electron chi connectivity index (χ0n) is 7.23. The molecule has 0 aromatic heterocycles. The third kappa shape index (κ3) is 3.38. The van der Waals surface area contributed by atoms with Gasteiger partial charge in [0.05, 0.1) is 0 Å². The zero-order chi connectivity index (χ0) is 9.68. The first kappa shape index (κ1) is 9.92. The molecule has 0 spiro atoms. The summed E-state index contributed by atoms with van der Waals surface area (Å²) in [6, 6.07) is 0. The van der Waals surface area contributed by atoms with Crippen molar-refractivity contribution in [1.82, 2.24) is 0 Å². The van der Waals surface area contributed by atoms with Gasteiger partial charge in [0.2, 0.25) is 0 Å². The van der Waals surface area contributed by atoms with Crippen LogP contribution in [0.1, 0.15) is 12.8 Å². The number of carboxylic acid groups (broad SMARTS) is 1. The zero-order valence-corrected chi connectivity index (χ0v) is 7.23. The summed E-state index contributed by atoms with van der Waals surface area (Å²) in [5.74, 6) is -1.24. The Morgan fingerprint density at radius 2 is 1.85 bits per heavy atom. The highest BCUT2D eigenvalue weighted by Crippen LogP contribution is 2.15. The second-order valence-electron chi connectivity index (χ2n) is 2.96. The van der Waals surface area contributed by atoms with E-state index >= 15 is 0 Å². The van der Waals surface area contributed by atoms with E-state index in [4.69, 9.17) is 9.84 Å². The van der Waals surface area contributed by atoms with E-state index in [0.717, 1.165) is 12.2 Å². The first-order chi connectivity index (χ1) is 6.20. The van der Waals surface area contributed by atoms with Gasteiger partial charge in [-0.1, -0.05) is 0 Å². The molecule has 1 aliphatic heterocycles. The quantitative estimate of drug-likeness (QED) is 0.653. The van der Waals surface area contributed by atoms with E-state index in [-0.39, 0.29) is 11.7 Å². The Labute approximate surface area is 76.2 Å². The minimum absolute atomic E-state index is 0.0515. The monoisotopic (exact) mass is 184 g/mol. The van der Waals surface area contributed by atoms with E-state index in [9.17, 15) is 9.59 Å². The number of hydrogen-bond acceptors (Lipinski definition) is 3. The highest BCUT2D eigenvalue weighted by Gasteiger charge is 2.19. The van der Waals surface area contributed by atoms with Crippen LogP contribution in [0.5, 0.6) is 0 Å². The SMILES string of the molecule is O=C(O)/C=C/C(=O)C1CCOCC1. The van der Waals surface area contributed by atoms with Crippen LogP contribution in [0.4, 0.5) is 0 Å². The number of aliphatic carboxylic acids is 1. The van der Waals surface area contributed by atoms with Crippen LogP contribution in [0.15, 0.2) is 12.2 Å². The van der Waals surface area contributed by atoms with E-state index in [1.54, 1.807) is 0 Å². The summed E-state index contributed by atoms with van der Waals surface area (Å²) in [5.41, 5.74) is 0. The molecule has 1 heterocycles. The molecule has 1 fully saturated rings. The molecule has 13 heavy (non-hydrogen) atoms. The molecule has 1 rings (SSSR count). The normalized spacial score (nSPS) is 19.1. The fourth-order valence-corrected chi connectivity index (χ4v) is 1.27. The molecule has 0 saturated carbocycles. The highest BCUT2D eigenvalue weighted by molar-refractivity contribution is 5.96. The molecule has 0 unspecified atom stereocenters. The molecule has 0 radical (unpaired) electrons. The Morgan fingerprint density at radius 3 is 2.38 bits per heavy atom. The van der Waals surface area contributed by atoms with Crippen LogP contribution < -0.4 is 0 Å². The second-order valence-corrected chi connectivity index (χ2v) is 2.96. The number of hydrogen-bond donors (Lipinski definition) is 1. The van der Waals surface area contributed by atoms with Gasteiger partial charge in [-0.2, -0.15) is 0 Å². The van der Waals surface area contributed by atoms with Crippen molar-refractivity contribution in [2.45, 2.75) is 12.8 Å². The molecule has 4 heteroatoms. The van der Waals surface area contributed by atoms with Crippen LogP contribution in [0.2, 0.25) is 0 Å². The summed E-state index contributed by atoms with van der Waals surface area (Å²) < 4.78 is 5.08. The van der Waals surface area contributed by atoms with E-state index in [1.165, 1.54) is 0 Å². The number of ether oxygens (including phenoxy) is 1. The van der Waals surface area contributed by atoms with Gasteiger partial charge in [-0.15, -0.1) is 0 Å². The lowest BCUT2D eigenvalue weighted by Crippen LogP contribution is -2.22. The minimum Gasteiger partial charge on any atom is -0.478 e. The van der Waals surface area contributed by atoms with Crippen LogP contribution in [0.3, 0.4) is 0 Å². The van der Waals surface area contributed by atoms with Gasteiger partial charge in [0, 0.05) is 25.2 Å². The molecule has 1 N–H and O–H groups in total. The molecule has 1 aliphatic rings. The summed E-state index contributed by atoms with van der Waals surface area (Å²) in [4.78, 5) is 21.4. The lowest BCUT2D eigenvalue weighted by atomic mass is 9.95. The summed E-state index contributed by atoms with van der Waals surface area (Å²) in [7, 11) is 0. The highest BCUT2D eigenvalue weighted by atomic mass is 16.5. The first-order valence-electron chi connectivity index (χ1n) is 4.23. The number of rotatable bonds is 3. The van der Waals surface area contributed by atoms with Crippen molar-refractivity contribution < 1.29 is 19.4 Å². The number of carboxylic acids is 1. The van der Waals surface area contributed by atoms with Crippen molar-refractivity contribution in [1.29, 1.82) is 0 Å². The summed E-state index contributed by atoms with van der Waals surface area (Å²) in [6.07, 6.45) is 3.42.